The lowest BCUT2D eigenvalue weighted by Gasteiger charge is -2.11. The number of rotatable bonds is 42. The van der Waals surface area contributed by atoms with Gasteiger partial charge in [-0.15, -0.1) is 0 Å². The van der Waals surface area contributed by atoms with Crippen LogP contribution in [0.4, 0.5) is 0 Å². The maximum atomic E-state index is 10.2. The maximum absolute atomic E-state index is 10.2. The van der Waals surface area contributed by atoms with Crippen LogP contribution in [0.1, 0.15) is 194 Å². The third-order valence-corrected chi connectivity index (χ3v) is 8.96. The van der Waals surface area contributed by atoms with Gasteiger partial charge >= 0.3 is 0 Å². The van der Waals surface area contributed by atoms with Crippen molar-refractivity contribution in [2.24, 2.45) is 0 Å². The second-order valence-electron chi connectivity index (χ2n) is 14.0. The zero-order chi connectivity index (χ0) is 36.1. The van der Waals surface area contributed by atoms with Crippen LogP contribution in [0.2, 0.25) is 0 Å². The lowest BCUT2D eigenvalue weighted by molar-refractivity contribution is -0.0598. The number of hydrogen-bond donors (Lipinski definition) is 1. The summed E-state index contributed by atoms with van der Waals surface area (Å²) in [5, 5.41) is 10.2. The second kappa shape index (κ2) is 45.8. The molecule has 5 heteroatoms. The fourth-order valence-electron chi connectivity index (χ4n) is 5.72. The quantitative estimate of drug-likeness (QED) is 0.0389. The van der Waals surface area contributed by atoms with Gasteiger partial charge in [0.25, 0.3) is 0 Å². The van der Waals surface area contributed by atoms with Crippen LogP contribution in [0.15, 0.2) is 48.6 Å². The third kappa shape index (κ3) is 44.8. The van der Waals surface area contributed by atoms with Gasteiger partial charge in [0.05, 0.1) is 6.10 Å². The minimum Gasteiger partial charge on any atom is -0.393 e. The van der Waals surface area contributed by atoms with Crippen molar-refractivity contribution in [1.29, 1.82) is 0 Å². The van der Waals surface area contributed by atoms with Gasteiger partial charge in [-0.05, 0) is 103 Å². The Morgan fingerprint density at radius 2 is 0.660 bits per heavy atom. The predicted molar refractivity (Wildman–Crippen MR) is 217 cm³/mol. The molecule has 0 aromatic rings. The molecule has 5 nitrogen and oxygen atoms in total. The fraction of sp³-hybridized carbons (Fsp3) is 0.822. The van der Waals surface area contributed by atoms with Gasteiger partial charge in [-0.3, -0.25) is 0 Å². The highest BCUT2D eigenvalue weighted by Gasteiger charge is 2.04. The van der Waals surface area contributed by atoms with Crippen LogP contribution in [-0.2, 0) is 18.9 Å². The highest BCUT2D eigenvalue weighted by Crippen LogP contribution is 2.10. The highest BCUT2D eigenvalue weighted by molar-refractivity contribution is 4.93. The zero-order valence-electron chi connectivity index (χ0n) is 33.3. The van der Waals surface area contributed by atoms with E-state index in [2.05, 4.69) is 62.5 Å². The van der Waals surface area contributed by atoms with Crippen LogP contribution in [0.5, 0.6) is 0 Å². The van der Waals surface area contributed by atoms with Gasteiger partial charge in [0, 0.05) is 26.4 Å². The Labute approximate surface area is 311 Å². The highest BCUT2D eigenvalue weighted by atomic mass is 16.7. The molecule has 0 aliphatic rings. The Balaban J connectivity index is 3.22. The minimum atomic E-state index is -0.291. The number of aliphatic hydroxyl groups excluding tert-OH is 1. The van der Waals surface area contributed by atoms with Crippen molar-refractivity contribution in [1.82, 2.24) is 0 Å². The molecule has 0 bridgehead atoms. The lowest BCUT2D eigenvalue weighted by Crippen LogP contribution is -2.11. The van der Waals surface area contributed by atoms with Crippen molar-refractivity contribution < 1.29 is 24.1 Å². The molecule has 1 N–H and O–H groups in total. The molecular formula is C45H84O5. The number of aliphatic hydroxyl groups is 1. The molecule has 0 unspecified atom stereocenters. The average molecular weight is 705 g/mol. The summed E-state index contributed by atoms with van der Waals surface area (Å²) in [6, 6.07) is 0. The van der Waals surface area contributed by atoms with Gasteiger partial charge in [0.1, 0.15) is 13.6 Å². The molecule has 294 valence electrons. The summed E-state index contributed by atoms with van der Waals surface area (Å²) in [6.07, 6.45) is 51.7. The zero-order valence-corrected chi connectivity index (χ0v) is 33.3. The topological polar surface area (TPSA) is 57.2 Å². The SMILES string of the molecule is CCCCCC=CCC=CCCCCCCCCOCOCCCC(O)CCCOCOCCCCCCCCC=CCC=CCCCCC. The van der Waals surface area contributed by atoms with Crippen LogP contribution in [-0.4, -0.2) is 51.2 Å². The molecule has 0 saturated carbocycles. The van der Waals surface area contributed by atoms with Crippen LogP contribution >= 0.6 is 0 Å². The number of unbranched alkanes of at least 4 members (excludes halogenated alkanes) is 18. The monoisotopic (exact) mass is 705 g/mol. The van der Waals surface area contributed by atoms with E-state index in [0.717, 1.165) is 64.6 Å². The van der Waals surface area contributed by atoms with E-state index in [1.54, 1.807) is 0 Å². The molecule has 0 saturated heterocycles. The summed E-state index contributed by atoms with van der Waals surface area (Å²) < 4.78 is 22.4. The molecule has 50 heavy (non-hydrogen) atoms. The fourth-order valence-corrected chi connectivity index (χ4v) is 5.72. The van der Waals surface area contributed by atoms with Crippen molar-refractivity contribution in [2.45, 2.75) is 200 Å². The van der Waals surface area contributed by atoms with Gasteiger partial charge in [-0.2, -0.15) is 0 Å². The molecule has 0 spiro atoms. The van der Waals surface area contributed by atoms with Crippen molar-refractivity contribution in [3.63, 3.8) is 0 Å². The molecule has 0 radical (unpaired) electrons. The summed E-state index contributed by atoms with van der Waals surface area (Å²) in [7, 11) is 0. The summed E-state index contributed by atoms with van der Waals surface area (Å²) >= 11 is 0. The molecule has 0 heterocycles. The summed E-state index contributed by atoms with van der Waals surface area (Å²) in [6.45, 7) is 8.06. The normalized spacial score (nSPS) is 12.9. The van der Waals surface area contributed by atoms with E-state index >= 15 is 0 Å². The lowest BCUT2D eigenvalue weighted by atomic mass is 10.1. The maximum Gasteiger partial charge on any atom is 0.146 e. The van der Waals surface area contributed by atoms with Crippen molar-refractivity contribution in [2.75, 3.05) is 40.0 Å². The standard InChI is InChI=1S/C45H84O5/c1-3-5-7-9-11-13-15-17-19-21-23-25-27-29-31-33-39-47-43-49-41-35-37-45(46)38-36-42-50-44-48-40-34-32-30-28-26-24-22-20-18-16-14-12-10-8-6-4-2/h11-14,17-20,45-46H,3-10,15-16,21-44H2,1-2H3. The summed E-state index contributed by atoms with van der Waals surface area (Å²) in [5.41, 5.74) is 0. The van der Waals surface area contributed by atoms with Crippen LogP contribution in [0.25, 0.3) is 0 Å². The number of allylic oxidation sites excluding steroid dienone is 8. The van der Waals surface area contributed by atoms with Gasteiger partial charge in [0.15, 0.2) is 0 Å². The largest absolute Gasteiger partial charge is 0.393 e. The molecule has 0 atom stereocenters. The molecule has 0 aliphatic carbocycles. The Kier molecular flexibility index (Phi) is 44.6. The Morgan fingerprint density at radius 3 is 1.02 bits per heavy atom. The van der Waals surface area contributed by atoms with E-state index < -0.39 is 0 Å². The molecule has 0 fully saturated rings. The third-order valence-electron chi connectivity index (χ3n) is 8.96. The smallest absolute Gasteiger partial charge is 0.146 e. The van der Waals surface area contributed by atoms with Crippen LogP contribution < -0.4 is 0 Å². The van der Waals surface area contributed by atoms with Crippen LogP contribution in [0, 0.1) is 0 Å². The van der Waals surface area contributed by atoms with Crippen molar-refractivity contribution in [3.05, 3.63) is 48.6 Å². The van der Waals surface area contributed by atoms with E-state index in [9.17, 15) is 5.11 Å². The van der Waals surface area contributed by atoms with Gasteiger partial charge in [-0.25, -0.2) is 0 Å². The molecule has 0 aromatic carbocycles. The molecule has 0 amide bonds. The van der Waals surface area contributed by atoms with E-state index in [0.29, 0.717) is 26.8 Å². The first kappa shape index (κ1) is 48.8. The molecule has 0 aliphatic heterocycles. The first-order valence-corrected chi connectivity index (χ1v) is 21.4. The van der Waals surface area contributed by atoms with Crippen molar-refractivity contribution >= 4 is 0 Å². The van der Waals surface area contributed by atoms with E-state index in [1.165, 1.54) is 128 Å². The van der Waals surface area contributed by atoms with Gasteiger partial charge < -0.3 is 24.1 Å². The Bertz CT molecular complexity index is 671. The first-order chi connectivity index (χ1) is 24.8. The van der Waals surface area contributed by atoms with E-state index in [4.69, 9.17) is 18.9 Å². The molecule has 0 rings (SSSR count). The second-order valence-corrected chi connectivity index (χ2v) is 14.0. The molecule has 0 aromatic heterocycles. The average Bonchev–Trinajstić information content (AvgIpc) is 3.12. The van der Waals surface area contributed by atoms with Gasteiger partial charge in [0.2, 0.25) is 0 Å². The Morgan fingerprint density at radius 1 is 0.360 bits per heavy atom. The summed E-state index contributed by atoms with van der Waals surface area (Å²) in [4.78, 5) is 0. The Hall–Kier alpha value is -1.24. The number of ether oxygens (including phenoxy) is 4. The van der Waals surface area contributed by atoms with E-state index in [1.807, 2.05) is 0 Å². The number of hydrogen-bond acceptors (Lipinski definition) is 5. The molecular weight excluding hydrogens is 620 g/mol. The predicted octanol–water partition coefficient (Wildman–Crippen LogP) is 13.5. The van der Waals surface area contributed by atoms with E-state index in [-0.39, 0.29) is 6.10 Å². The first-order valence-electron chi connectivity index (χ1n) is 21.4. The van der Waals surface area contributed by atoms with Crippen molar-refractivity contribution in [3.8, 4) is 0 Å². The van der Waals surface area contributed by atoms with Gasteiger partial charge in [-0.1, -0.05) is 140 Å². The minimum absolute atomic E-state index is 0.291. The summed E-state index contributed by atoms with van der Waals surface area (Å²) in [5.74, 6) is 0. The van der Waals surface area contributed by atoms with Crippen LogP contribution in [0.3, 0.4) is 0 Å².